The van der Waals surface area contributed by atoms with Crippen LogP contribution >= 0.6 is 0 Å². The minimum Gasteiger partial charge on any atom is -0.356 e. The van der Waals surface area contributed by atoms with Crippen LogP contribution in [-0.2, 0) is 16.0 Å². The van der Waals surface area contributed by atoms with Crippen LogP contribution in [0.1, 0.15) is 35.1 Å². The van der Waals surface area contributed by atoms with E-state index in [1.165, 1.54) is 11.1 Å². The number of benzene rings is 2. The Morgan fingerprint density at radius 2 is 1.59 bits per heavy atom. The maximum atomic E-state index is 12.5. The number of amides is 2. The fraction of sp³-hybridized carbons (Fsp3) is 0.391. The van der Waals surface area contributed by atoms with Crippen molar-refractivity contribution >= 4 is 17.5 Å². The Bertz CT molecular complexity index is 807. The van der Waals surface area contributed by atoms with Crippen LogP contribution in [0.2, 0.25) is 0 Å². The maximum Gasteiger partial charge on any atom is 0.228 e. The summed E-state index contributed by atoms with van der Waals surface area (Å²) in [7, 11) is 0. The van der Waals surface area contributed by atoms with Crippen LogP contribution in [0.5, 0.6) is 0 Å². The molecule has 0 aliphatic heterocycles. The van der Waals surface area contributed by atoms with Gasteiger partial charge in [-0.25, -0.2) is 0 Å². The molecule has 0 aromatic heterocycles. The van der Waals surface area contributed by atoms with Gasteiger partial charge < -0.3 is 10.6 Å². The molecule has 4 heteroatoms. The second-order valence-corrected chi connectivity index (χ2v) is 7.59. The lowest BCUT2D eigenvalue weighted by atomic mass is 10.0. The maximum absolute atomic E-state index is 12.5. The summed E-state index contributed by atoms with van der Waals surface area (Å²) in [6, 6.07) is 14.4. The predicted molar refractivity (Wildman–Crippen MR) is 109 cm³/mol. The zero-order valence-electron chi connectivity index (χ0n) is 16.3. The summed E-state index contributed by atoms with van der Waals surface area (Å²) >= 11 is 0. The summed E-state index contributed by atoms with van der Waals surface area (Å²) in [5.41, 5.74) is 5.45. The highest BCUT2D eigenvalue weighted by molar-refractivity contribution is 6.00. The molecule has 2 amide bonds. The van der Waals surface area contributed by atoms with Crippen LogP contribution in [0.4, 0.5) is 5.69 Å². The summed E-state index contributed by atoms with van der Waals surface area (Å²) in [4.78, 5) is 24.8. The number of nitrogens with one attached hydrogen (secondary N) is 2. The first-order valence-electron chi connectivity index (χ1n) is 9.66. The van der Waals surface area contributed by atoms with E-state index < -0.39 is 0 Å². The lowest BCUT2D eigenvalue weighted by molar-refractivity contribution is -0.125. The van der Waals surface area contributed by atoms with E-state index in [1.807, 2.05) is 39.0 Å². The summed E-state index contributed by atoms with van der Waals surface area (Å²) < 4.78 is 0. The summed E-state index contributed by atoms with van der Waals surface area (Å²) in [6.07, 6.45) is 2.49. The van der Waals surface area contributed by atoms with Gasteiger partial charge in [-0.05, 0) is 56.7 Å². The van der Waals surface area contributed by atoms with E-state index in [9.17, 15) is 9.59 Å². The number of hydrogen-bond acceptors (Lipinski definition) is 2. The van der Waals surface area contributed by atoms with E-state index in [2.05, 4.69) is 34.9 Å². The molecule has 2 unspecified atom stereocenters. The molecule has 2 N–H and O–H groups in total. The van der Waals surface area contributed by atoms with Crippen molar-refractivity contribution < 1.29 is 9.59 Å². The van der Waals surface area contributed by atoms with Gasteiger partial charge in [0.15, 0.2) is 0 Å². The van der Waals surface area contributed by atoms with Gasteiger partial charge >= 0.3 is 0 Å². The Kier molecular flexibility index (Phi) is 5.94. The normalized spacial score (nSPS) is 18.0. The van der Waals surface area contributed by atoms with E-state index in [4.69, 9.17) is 0 Å². The highest BCUT2D eigenvalue weighted by Gasteiger charge is 2.48. The average Bonchev–Trinajstić information content (AvgIpc) is 3.43. The van der Waals surface area contributed by atoms with Crippen LogP contribution < -0.4 is 10.6 Å². The monoisotopic (exact) mass is 364 g/mol. The SMILES string of the molecule is Cc1cc(C)c(NC(=O)C2CC2C(=O)NCCCc2ccccc2)c(C)c1. The van der Waals surface area contributed by atoms with Gasteiger partial charge in [0.05, 0.1) is 11.8 Å². The number of carbonyl (C=O) groups is 2. The quantitative estimate of drug-likeness (QED) is 0.731. The lowest BCUT2D eigenvalue weighted by Gasteiger charge is -2.13. The smallest absolute Gasteiger partial charge is 0.228 e. The number of hydrogen-bond donors (Lipinski definition) is 2. The van der Waals surface area contributed by atoms with Crippen LogP contribution in [-0.4, -0.2) is 18.4 Å². The van der Waals surface area contributed by atoms with Crippen molar-refractivity contribution in [1.29, 1.82) is 0 Å². The standard InChI is InChI=1S/C23H28N2O2/c1-15-12-16(2)21(17(3)13-15)25-23(27)20-14-19(20)22(26)24-11-7-10-18-8-5-4-6-9-18/h4-6,8-9,12-13,19-20H,7,10-11,14H2,1-3H3,(H,24,26)(H,25,27). The molecule has 0 heterocycles. The van der Waals surface area contributed by atoms with Crippen LogP contribution in [0.25, 0.3) is 0 Å². The van der Waals surface area contributed by atoms with Gasteiger partial charge in [0.1, 0.15) is 0 Å². The Morgan fingerprint density at radius 1 is 0.963 bits per heavy atom. The molecule has 142 valence electrons. The molecule has 0 saturated heterocycles. The molecule has 3 rings (SSSR count). The molecule has 2 atom stereocenters. The molecule has 2 aromatic carbocycles. The number of aryl methyl sites for hydroxylation is 4. The third kappa shape index (κ3) is 4.97. The molecule has 1 saturated carbocycles. The number of anilines is 1. The molecule has 0 spiro atoms. The molecular formula is C23H28N2O2. The molecule has 1 aliphatic carbocycles. The van der Waals surface area contributed by atoms with Crippen LogP contribution in [0, 0.1) is 32.6 Å². The largest absolute Gasteiger partial charge is 0.356 e. The van der Waals surface area contributed by atoms with Crippen molar-refractivity contribution in [3.63, 3.8) is 0 Å². The molecule has 0 radical (unpaired) electrons. The van der Waals surface area contributed by atoms with Gasteiger partial charge in [-0.2, -0.15) is 0 Å². The molecule has 1 fully saturated rings. The van der Waals surface area contributed by atoms with Gasteiger partial charge in [0.25, 0.3) is 0 Å². The summed E-state index contributed by atoms with van der Waals surface area (Å²) in [5, 5.41) is 6.00. The predicted octanol–water partition coefficient (Wildman–Crippen LogP) is 3.94. The van der Waals surface area contributed by atoms with E-state index in [1.54, 1.807) is 0 Å². The second-order valence-electron chi connectivity index (χ2n) is 7.59. The van der Waals surface area contributed by atoms with E-state index in [0.29, 0.717) is 13.0 Å². The van der Waals surface area contributed by atoms with Crippen molar-refractivity contribution in [2.75, 3.05) is 11.9 Å². The highest BCUT2D eigenvalue weighted by atomic mass is 16.2. The van der Waals surface area contributed by atoms with Crippen molar-refractivity contribution in [2.45, 2.75) is 40.0 Å². The van der Waals surface area contributed by atoms with E-state index in [-0.39, 0.29) is 23.7 Å². The molecule has 0 bridgehead atoms. The van der Waals surface area contributed by atoms with Gasteiger partial charge in [-0.3, -0.25) is 9.59 Å². The summed E-state index contributed by atoms with van der Waals surface area (Å²) in [6.45, 7) is 6.69. The fourth-order valence-corrected chi connectivity index (χ4v) is 3.65. The van der Waals surface area contributed by atoms with Gasteiger partial charge in [0, 0.05) is 12.2 Å². The Hall–Kier alpha value is -2.62. The lowest BCUT2D eigenvalue weighted by Crippen LogP contribution is -2.28. The van der Waals surface area contributed by atoms with E-state index >= 15 is 0 Å². The first-order valence-corrected chi connectivity index (χ1v) is 9.66. The second kappa shape index (κ2) is 8.38. The zero-order valence-corrected chi connectivity index (χ0v) is 16.3. The third-order valence-corrected chi connectivity index (χ3v) is 5.17. The molecule has 1 aliphatic rings. The molecule has 4 nitrogen and oxygen atoms in total. The molecular weight excluding hydrogens is 336 g/mol. The molecule has 27 heavy (non-hydrogen) atoms. The molecule has 2 aromatic rings. The number of rotatable bonds is 7. The van der Waals surface area contributed by atoms with Crippen molar-refractivity contribution in [2.24, 2.45) is 11.8 Å². The number of carbonyl (C=O) groups excluding carboxylic acids is 2. The Balaban J connectivity index is 1.43. The van der Waals surface area contributed by atoms with Crippen molar-refractivity contribution in [1.82, 2.24) is 5.32 Å². The fourth-order valence-electron chi connectivity index (χ4n) is 3.65. The first-order chi connectivity index (χ1) is 13.0. The minimum atomic E-state index is -0.209. The zero-order chi connectivity index (χ0) is 19.4. The van der Waals surface area contributed by atoms with Crippen molar-refractivity contribution in [3.8, 4) is 0 Å². The van der Waals surface area contributed by atoms with Gasteiger partial charge in [0.2, 0.25) is 11.8 Å². The Labute approximate surface area is 161 Å². The van der Waals surface area contributed by atoms with Crippen LogP contribution in [0.15, 0.2) is 42.5 Å². The van der Waals surface area contributed by atoms with Crippen LogP contribution in [0.3, 0.4) is 0 Å². The van der Waals surface area contributed by atoms with Gasteiger partial charge in [-0.1, -0.05) is 48.0 Å². The average molecular weight is 364 g/mol. The third-order valence-electron chi connectivity index (χ3n) is 5.17. The Morgan fingerprint density at radius 3 is 2.26 bits per heavy atom. The minimum absolute atomic E-state index is 0.000520. The van der Waals surface area contributed by atoms with E-state index in [0.717, 1.165) is 29.7 Å². The van der Waals surface area contributed by atoms with Crippen molar-refractivity contribution in [3.05, 3.63) is 64.7 Å². The van der Waals surface area contributed by atoms with Gasteiger partial charge in [-0.15, -0.1) is 0 Å². The highest BCUT2D eigenvalue weighted by Crippen LogP contribution is 2.40. The topological polar surface area (TPSA) is 58.2 Å². The summed E-state index contributed by atoms with van der Waals surface area (Å²) in [5.74, 6) is -0.443. The first kappa shape index (κ1) is 19.2.